The van der Waals surface area contributed by atoms with Gasteiger partial charge in [0.2, 0.25) is 0 Å². The first-order valence-corrected chi connectivity index (χ1v) is 6.67. The van der Waals surface area contributed by atoms with Gasteiger partial charge in [-0.3, -0.25) is 0 Å². The lowest BCUT2D eigenvalue weighted by Crippen LogP contribution is -2.04. The van der Waals surface area contributed by atoms with E-state index in [0.717, 1.165) is 17.2 Å². The van der Waals surface area contributed by atoms with Crippen LogP contribution in [0, 0.1) is 20.8 Å². The number of aryl methyl sites for hydroxylation is 3. The molecule has 0 fully saturated rings. The summed E-state index contributed by atoms with van der Waals surface area (Å²) in [5.41, 5.74) is 6.33. The van der Waals surface area contributed by atoms with Gasteiger partial charge in [0, 0.05) is 17.5 Å². The second kappa shape index (κ2) is 6.32. The fraction of sp³-hybridized carbons (Fsp3) is 0.357. The summed E-state index contributed by atoms with van der Waals surface area (Å²) in [4.78, 5) is 4.68. The summed E-state index contributed by atoms with van der Waals surface area (Å²) in [5, 5.41) is 6.43. The fourth-order valence-corrected chi connectivity index (χ4v) is 3.04. The molecule has 1 N–H and O–H groups in total. The summed E-state index contributed by atoms with van der Waals surface area (Å²) >= 11 is 1.72. The number of aromatic nitrogens is 1. The van der Waals surface area contributed by atoms with E-state index in [1.807, 2.05) is 7.05 Å². The molecule has 2 rings (SSSR count). The average molecular weight is 283 g/mol. The smallest absolute Gasteiger partial charge is 0.107 e. The number of thiazole rings is 1. The van der Waals surface area contributed by atoms with Gasteiger partial charge >= 0.3 is 0 Å². The summed E-state index contributed by atoms with van der Waals surface area (Å²) in [7, 11) is 1.95. The van der Waals surface area contributed by atoms with Crippen molar-refractivity contribution < 1.29 is 0 Å². The predicted octanol–water partition coefficient (Wildman–Crippen LogP) is 3.88. The van der Waals surface area contributed by atoms with Crippen LogP contribution in [0.3, 0.4) is 0 Å². The molecule has 0 unspecified atom stereocenters. The van der Waals surface area contributed by atoms with Crippen LogP contribution in [0.4, 0.5) is 0 Å². The van der Waals surface area contributed by atoms with Gasteiger partial charge < -0.3 is 5.32 Å². The van der Waals surface area contributed by atoms with Crippen LogP contribution in [0.2, 0.25) is 0 Å². The summed E-state index contributed by atoms with van der Waals surface area (Å²) in [6, 6.07) is 4.44. The molecule has 0 saturated heterocycles. The van der Waals surface area contributed by atoms with Gasteiger partial charge in [0.05, 0.1) is 5.69 Å². The molecule has 2 nitrogen and oxygen atoms in total. The molecule has 0 aliphatic carbocycles. The molecule has 0 amide bonds. The molecule has 1 aromatic heterocycles. The Balaban J connectivity index is 0.00000162. The zero-order chi connectivity index (χ0) is 12.4. The molecule has 1 heterocycles. The van der Waals surface area contributed by atoms with E-state index in [-0.39, 0.29) is 12.4 Å². The Morgan fingerprint density at radius 3 is 2.33 bits per heavy atom. The van der Waals surface area contributed by atoms with Crippen molar-refractivity contribution in [2.24, 2.45) is 0 Å². The Hall–Kier alpha value is -0.900. The third kappa shape index (κ3) is 3.10. The van der Waals surface area contributed by atoms with Gasteiger partial charge in [-0.15, -0.1) is 23.7 Å². The minimum Gasteiger partial charge on any atom is -0.314 e. The van der Waals surface area contributed by atoms with Crippen molar-refractivity contribution in [3.63, 3.8) is 0 Å². The van der Waals surface area contributed by atoms with E-state index in [1.54, 1.807) is 11.3 Å². The molecule has 0 aliphatic rings. The lowest BCUT2D eigenvalue weighted by molar-refractivity contribution is 0.810. The SMILES string of the molecule is CNCc1nc(-c2c(C)cc(C)cc2C)cs1.Cl. The minimum absolute atomic E-state index is 0. The molecule has 2 aromatic rings. The number of benzene rings is 1. The molecule has 0 aliphatic heterocycles. The minimum atomic E-state index is 0. The molecule has 0 saturated carbocycles. The molecular formula is C14H19ClN2S. The lowest BCUT2D eigenvalue weighted by atomic mass is 9.98. The van der Waals surface area contributed by atoms with E-state index in [2.05, 4.69) is 48.6 Å². The standard InChI is InChI=1S/C14H18N2S.ClH/c1-9-5-10(2)14(11(3)6-9)12-8-17-13(16-12)7-15-4;/h5-6,8,15H,7H2,1-4H3;1H. The van der Waals surface area contributed by atoms with Gasteiger partial charge in [-0.1, -0.05) is 17.7 Å². The van der Waals surface area contributed by atoms with Crippen LogP contribution in [0.15, 0.2) is 17.5 Å². The number of nitrogens with one attached hydrogen (secondary N) is 1. The van der Waals surface area contributed by atoms with Crippen molar-refractivity contribution in [2.45, 2.75) is 27.3 Å². The number of hydrogen-bond donors (Lipinski definition) is 1. The Labute approximate surface area is 119 Å². The first-order chi connectivity index (χ1) is 8.11. The number of rotatable bonds is 3. The number of hydrogen-bond acceptors (Lipinski definition) is 3. The predicted molar refractivity (Wildman–Crippen MR) is 81.8 cm³/mol. The van der Waals surface area contributed by atoms with Gasteiger partial charge in [0.1, 0.15) is 5.01 Å². The van der Waals surface area contributed by atoms with E-state index >= 15 is 0 Å². The Morgan fingerprint density at radius 2 is 1.78 bits per heavy atom. The summed E-state index contributed by atoms with van der Waals surface area (Å²) in [6.07, 6.45) is 0. The van der Waals surface area contributed by atoms with Crippen molar-refractivity contribution in [1.29, 1.82) is 0 Å². The third-order valence-corrected chi connectivity index (χ3v) is 3.66. The highest BCUT2D eigenvalue weighted by Crippen LogP contribution is 2.29. The molecule has 98 valence electrons. The molecule has 18 heavy (non-hydrogen) atoms. The Kier molecular flexibility index (Phi) is 5.32. The maximum atomic E-state index is 4.68. The summed E-state index contributed by atoms with van der Waals surface area (Å²) in [6.45, 7) is 7.30. The van der Waals surface area contributed by atoms with E-state index in [1.165, 1.54) is 22.3 Å². The van der Waals surface area contributed by atoms with Crippen molar-refractivity contribution in [2.75, 3.05) is 7.05 Å². The second-order valence-electron chi connectivity index (χ2n) is 4.43. The molecule has 0 atom stereocenters. The van der Waals surface area contributed by atoms with E-state index in [4.69, 9.17) is 0 Å². The van der Waals surface area contributed by atoms with E-state index in [9.17, 15) is 0 Å². The van der Waals surface area contributed by atoms with Gasteiger partial charge in [-0.05, 0) is 38.9 Å². The highest BCUT2D eigenvalue weighted by molar-refractivity contribution is 7.09. The molecule has 0 spiro atoms. The summed E-state index contributed by atoms with van der Waals surface area (Å²) < 4.78 is 0. The van der Waals surface area contributed by atoms with Crippen molar-refractivity contribution >= 4 is 23.7 Å². The van der Waals surface area contributed by atoms with Crippen LogP contribution in [-0.2, 0) is 6.54 Å². The monoisotopic (exact) mass is 282 g/mol. The first-order valence-electron chi connectivity index (χ1n) is 5.79. The zero-order valence-electron chi connectivity index (χ0n) is 11.2. The van der Waals surface area contributed by atoms with Crippen molar-refractivity contribution in [3.8, 4) is 11.3 Å². The summed E-state index contributed by atoms with van der Waals surface area (Å²) in [5.74, 6) is 0. The van der Waals surface area contributed by atoms with Crippen LogP contribution < -0.4 is 5.32 Å². The van der Waals surface area contributed by atoms with E-state index < -0.39 is 0 Å². The highest BCUT2D eigenvalue weighted by Gasteiger charge is 2.10. The van der Waals surface area contributed by atoms with Crippen LogP contribution in [-0.4, -0.2) is 12.0 Å². The van der Waals surface area contributed by atoms with Crippen LogP contribution in [0.5, 0.6) is 0 Å². The van der Waals surface area contributed by atoms with Crippen molar-refractivity contribution in [1.82, 2.24) is 10.3 Å². The van der Waals surface area contributed by atoms with Crippen molar-refractivity contribution in [3.05, 3.63) is 39.2 Å². The third-order valence-electron chi connectivity index (χ3n) is 2.81. The second-order valence-corrected chi connectivity index (χ2v) is 5.37. The number of halogens is 1. The average Bonchev–Trinajstić information content (AvgIpc) is 2.65. The van der Waals surface area contributed by atoms with E-state index in [0.29, 0.717) is 0 Å². The molecule has 0 radical (unpaired) electrons. The first kappa shape index (κ1) is 15.2. The van der Waals surface area contributed by atoms with Gasteiger partial charge in [0.15, 0.2) is 0 Å². The number of nitrogens with zero attached hydrogens (tertiary/aromatic N) is 1. The Bertz CT molecular complexity index is 511. The lowest BCUT2D eigenvalue weighted by Gasteiger charge is -2.08. The maximum absolute atomic E-state index is 4.68. The highest BCUT2D eigenvalue weighted by atomic mass is 35.5. The van der Waals surface area contributed by atoms with Crippen LogP contribution >= 0.6 is 23.7 Å². The molecule has 0 bridgehead atoms. The zero-order valence-corrected chi connectivity index (χ0v) is 12.8. The van der Waals surface area contributed by atoms with Gasteiger partial charge in [0.25, 0.3) is 0 Å². The normalized spacial score (nSPS) is 10.2. The van der Waals surface area contributed by atoms with Gasteiger partial charge in [-0.25, -0.2) is 4.98 Å². The largest absolute Gasteiger partial charge is 0.314 e. The molecular weight excluding hydrogens is 264 g/mol. The Morgan fingerprint density at radius 1 is 1.17 bits per heavy atom. The maximum Gasteiger partial charge on any atom is 0.107 e. The quantitative estimate of drug-likeness (QED) is 0.924. The topological polar surface area (TPSA) is 24.9 Å². The van der Waals surface area contributed by atoms with Gasteiger partial charge in [-0.2, -0.15) is 0 Å². The van der Waals surface area contributed by atoms with Crippen LogP contribution in [0.1, 0.15) is 21.7 Å². The fourth-order valence-electron chi connectivity index (χ4n) is 2.24. The van der Waals surface area contributed by atoms with Crippen LogP contribution in [0.25, 0.3) is 11.3 Å². The molecule has 1 aromatic carbocycles. The molecule has 4 heteroatoms.